The molecule has 0 N–H and O–H groups in total. The minimum Gasteiger partial charge on any atom is -0.465 e. The number of esters is 1. The number of nitrogens with zero attached hydrogens (tertiary/aromatic N) is 4. The average molecular weight is 441 g/mol. The number of rotatable bonds is 2. The van der Waals surface area contributed by atoms with Crippen molar-refractivity contribution in [2.45, 2.75) is 39.7 Å². The lowest BCUT2D eigenvalue weighted by Crippen LogP contribution is -2.39. The van der Waals surface area contributed by atoms with Crippen LogP contribution in [0.25, 0.3) is 10.2 Å². The molecule has 158 valence electrons. The summed E-state index contributed by atoms with van der Waals surface area (Å²) < 4.78 is 10.4. The normalized spacial score (nSPS) is 15.4. The number of thiophene rings is 1. The summed E-state index contributed by atoms with van der Waals surface area (Å²) in [6.07, 6.45) is 0.444. The van der Waals surface area contributed by atoms with Crippen molar-refractivity contribution >= 4 is 51.0 Å². The molecule has 1 saturated heterocycles. The molecule has 0 aromatic carbocycles. The second kappa shape index (κ2) is 8.31. The second-order valence-electron chi connectivity index (χ2n) is 7.85. The molecule has 3 heterocycles. The van der Waals surface area contributed by atoms with Crippen molar-refractivity contribution in [2.24, 2.45) is 0 Å². The maximum Gasteiger partial charge on any atom is 0.410 e. The minimum absolute atomic E-state index is 0.124. The molecule has 1 aliphatic rings. The monoisotopic (exact) mass is 440 g/mol. The Morgan fingerprint density at radius 1 is 1.14 bits per heavy atom. The van der Waals surface area contributed by atoms with Crippen LogP contribution in [0.2, 0.25) is 5.28 Å². The van der Waals surface area contributed by atoms with Crippen molar-refractivity contribution in [1.82, 2.24) is 14.9 Å². The van der Waals surface area contributed by atoms with Crippen molar-refractivity contribution < 1.29 is 19.1 Å². The smallest absolute Gasteiger partial charge is 0.410 e. The fraction of sp³-hybridized carbons (Fsp3) is 0.579. The quantitative estimate of drug-likeness (QED) is 0.517. The maximum absolute atomic E-state index is 12.4. The van der Waals surface area contributed by atoms with Crippen LogP contribution in [0.5, 0.6) is 0 Å². The third kappa shape index (κ3) is 4.72. The highest BCUT2D eigenvalue weighted by Gasteiger charge is 2.27. The van der Waals surface area contributed by atoms with Gasteiger partial charge in [0, 0.05) is 26.2 Å². The Hall–Kier alpha value is -2.13. The number of amides is 1. The van der Waals surface area contributed by atoms with Crippen molar-refractivity contribution in [1.29, 1.82) is 0 Å². The van der Waals surface area contributed by atoms with Crippen LogP contribution < -0.4 is 4.90 Å². The van der Waals surface area contributed by atoms with Gasteiger partial charge in [0.1, 0.15) is 21.1 Å². The van der Waals surface area contributed by atoms with Gasteiger partial charge in [0.05, 0.1) is 12.5 Å². The van der Waals surface area contributed by atoms with E-state index in [-0.39, 0.29) is 11.4 Å². The summed E-state index contributed by atoms with van der Waals surface area (Å²) in [5.41, 5.74) is 0.241. The highest BCUT2D eigenvalue weighted by Crippen LogP contribution is 2.37. The number of halogens is 1. The van der Waals surface area contributed by atoms with E-state index in [0.717, 1.165) is 17.4 Å². The summed E-state index contributed by atoms with van der Waals surface area (Å²) in [4.78, 5) is 38.2. The molecule has 0 atom stereocenters. The number of methoxy groups -OCH3 is 1. The molecule has 0 saturated carbocycles. The topological polar surface area (TPSA) is 84.9 Å². The fourth-order valence-electron chi connectivity index (χ4n) is 3.25. The Morgan fingerprint density at radius 2 is 1.86 bits per heavy atom. The number of fused-ring (bicyclic) bond motifs is 1. The van der Waals surface area contributed by atoms with Crippen LogP contribution in [0.15, 0.2) is 0 Å². The number of aromatic nitrogens is 2. The number of anilines is 1. The summed E-state index contributed by atoms with van der Waals surface area (Å²) in [6.45, 7) is 9.80. The van der Waals surface area contributed by atoms with Crippen LogP contribution in [-0.2, 0) is 9.47 Å². The van der Waals surface area contributed by atoms with Crippen molar-refractivity contribution in [2.75, 3.05) is 38.2 Å². The van der Waals surface area contributed by atoms with Crippen LogP contribution in [-0.4, -0.2) is 65.8 Å². The summed E-state index contributed by atoms with van der Waals surface area (Å²) in [6, 6.07) is 0. The molecule has 10 heteroatoms. The highest BCUT2D eigenvalue weighted by atomic mass is 35.5. The number of ether oxygens (including phenoxy) is 2. The first kappa shape index (κ1) is 21.6. The van der Waals surface area contributed by atoms with Crippen molar-refractivity contribution in [3.8, 4) is 0 Å². The lowest BCUT2D eigenvalue weighted by Gasteiger charge is -2.26. The molecule has 0 aliphatic carbocycles. The molecule has 29 heavy (non-hydrogen) atoms. The van der Waals surface area contributed by atoms with Crippen LogP contribution in [0.3, 0.4) is 0 Å². The molecule has 1 aliphatic heterocycles. The minimum atomic E-state index is -0.534. The van der Waals surface area contributed by atoms with Gasteiger partial charge in [-0.25, -0.2) is 14.6 Å². The molecule has 8 nitrogen and oxygen atoms in total. The van der Waals surface area contributed by atoms with Gasteiger partial charge in [-0.2, -0.15) is 4.98 Å². The number of hydrogen-bond donors (Lipinski definition) is 0. The SMILES string of the molecule is COC(=O)c1sc2nc(Cl)nc(N3CCCN(C(=O)OC(C)(C)C)CC3)c2c1C. The van der Waals surface area contributed by atoms with Gasteiger partial charge in [-0.3, -0.25) is 0 Å². The van der Waals surface area contributed by atoms with Crippen LogP contribution in [0, 0.1) is 6.92 Å². The Morgan fingerprint density at radius 3 is 2.52 bits per heavy atom. The van der Waals surface area contributed by atoms with E-state index >= 15 is 0 Å². The lowest BCUT2D eigenvalue weighted by molar-refractivity contribution is 0.0263. The third-order valence-corrected chi connectivity index (χ3v) is 5.90. The fourth-order valence-corrected chi connectivity index (χ4v) is 4.56. The maximum atomic E-state index is 12.4. The van der Waals surface area contributed by atoms with E-state index in [2.05, 4.69) is 14.9 Å². The first-order valence-corrected chi connectivity index (χ1v) is 10.6. The molecule has 1 fully saturated rings. The zero-order chi connectivity index (χ0) is 21.3. The molecule has 1 amide bonds. The molecule has 0 bridgehead atoms. The van der Waals surface area contributed by atoms with Gasteiger partial charge in [0.25, 0.3) is 0 Å². The zero-order valence-electron chi connectivity index (χ0n) is 17.2. The van der Waals surface area contributed by atoms with E-state index in [9.17, 15) is 9.59 Å². The van der Waals surface area contributed by atoms with E-state index in [4.69, 9.17) is 21.1 Å². The van der Waals surface area contributed by atoms with Crippen LogP contribution in [0.1, 0.15) is 42.4 Å². The van der Waals surface area contributed by atoms with Gasteiger partial charge in [0.15, 0.2) is 0 Å². The van der Waals surface area contributed by atoms with Gasteiger partial charge in [-0.05, 0) is 51.3 Å². The van der Waals surface area contributed by atoms with Gasteiger partial charge >= 0.3 is 12.1 Å². The van der Waals surface area contributed by atoms with Crippen LogP contribution >= 0.6 is 22.9 Å². The van der Waals surface area contributed by atoms with Crippen molar-refractivity contribution in [3.05, 3.63) is 15.7 Å². The predicted molar refractivity (Wildman–Crippen MR) is 113 cm³/mol. The Kier molecular flexibility index (Phi) is 6.19. The largest absolute Gasteiger partial charge is 0.465 e. The molecular formula is C19H25ClN4O4S. The molecule has 0 radical (unpaired) electrons. The first-order valence-electron chi connectivity index (χ1n) is 9.38. The average Bonchev–Trinajstić information content (AvgIpc) is 2.82. The standard InChI is InChI=1S/C19H25ClN4O4S/c1-11-12-14(21-17(20)22-15(12)29-13(11)16(25)27-5)23-7-6-8-24(10-9-23)18(26)28-19(2,3)4/h6-10H2,1-5H3. The first-order chi connectivity index (χ1) is 13.6. The van der Waals surface area contributed by atoms with E-state index in [1.807, 2.05) is 27.7 Å². The number of aryl methyl sites for hydroxylation is 1. The molecule has 2 aromatic rings. The number of carbonyl (C=O) groups excluding carboxylic acids is 2. The molecule has 0 unspecified atom stereocenters. The van der Waals surface area contributed by atoms with Gasteiger partial charge in [0.2, 0.25) is 5.28 Å². The van der Waals surface area contributed by atoms with E-state index in [0.29, 0.717) is 41.7 Å². The van der Waals surface area contributed by atoms with E-state index < -0.39 is 11.6 Å². The molecular weight excluding hydrogens is 416 g/mol. The second-order valence-corrected chi connectivity index (χ2v) is 9.19. The number of carbonyl (C=O) groups is 2. The van der Waals surface area contributed by atoms with Crippen molar-refractivity contribution in [3.63, 3.8) is 0 Å². The molecule has 0 spiro atoms. The summed E-state index contributed by atoms with van der Waals surface area (Å²) >= 11 is 7.41. The summed E-state index contributed by atoms with van der Waals surface area (Å²) in [5, 5.41) is 0.920. The van der Waals surface area contributed by atoms with E-state index in [1.165, 1.54) is 18.4 Å². The van der Waals surface area contributed by atoms with Gasteiger partial charge in [-0.1, -0.05) is 0 Å². The zero-order valence-corrected chi connectivity index (χ0v) is 18.8. The lowest BCUT2D eigenvalue weighted by atomic mass is 10.2. The van der Waals surface area contributed by atoms with Crippen LogP contribution in [0.4, 0.5) is 10.6 Å². The summed E-state index contributed by atoms with van der Waals surface area (Å²) in [7, 11) is 1.35. The Labute approximate surface area is 178 Å². The number of hydrogen-bond acceptors (Lipinski definition) is 8. The molecule has 3 rings (SSSR count). The Bertz CT molecular complexity index is 940. The molecule has 2 aromatic heterocycles. The van der Waals surface area contributed by atoms with E-state index in [1.54, 1.807) is 4.90 Å². The highest BCUT2D eigenvalue weighted by molar-refractivity contribution is 7.20. The predicted octanol–water partition coefficient (Wildman–Crippen LogP) is 3.89. The van der Waals surface area contributed by atoms with Gasteiger partial charge in [-0.15, -0.1) is 11.3 Å². The Balaban J connectivity index is 1.90. The third-order valence-electron chi connectivity index (χ3n) is 4.56. The summed E-state index contributed by atoms with van der Waals surface area (Å²) in [5.74, 6) is 0.273. The van der Waals surface area contributed by atoms with Gasteiger partial charge < -0.3 is 19.3 Å².